The average Bonchev–Trinajstić information content (AvgIpc) is 3.26. The number of fused-ring (bicyclic) bond motifs is 4. The van der Waals surface area contributed by atoms with Crippen LogP contribution in [0.4, 0.5) is 0 Å². The lowest BCUT2D eigenvalue weighted by atomic mass is 9.68. The molecule has 63 heavy (non-hydrogen) atoms. The number of carbonyl (C=O) groups excluding carboxylic acids is 4. The van der Waals surface area contributed by atoms with Crippen LogP contribution in [0.3, 0.4) is 0 Å². The highest BCUT2D eigenvalue weighted by Gasteiger charge is 2.56. The van der Waals surface area contributed by atoms with Crippen LogP contribution in [-0.4, -0.2) is 126 Å². The number of carbonyl (C=O) groups is 4. The molecule has 4 aliphatic heterocycles. The van der Waals surface area contributed by atoms with Gasteiger partial charge < -0.3 is 43.9 Å². The smallest absolute Gasteiger partial charge is 0.329 e. The van der Waals surface area contributed by atoms with Gasteiger partial charge >= 0.3 is 5.97 Å². The van der Waals surface area contributed by atoms with Gasteiger partial charge in [-0.05, 0) is 119 Å². The molecule has 0 aromatic carbocycles. The van der Waals surface area contributed by atoms with Crippen LogP contribution in [0.25, 0.3) is 0 Å². The summed E-state index contributed by atoms with van der Waals surface area (Å²) in [7, 11) is 4.65. The van der Waals surface area contributed by atoms with Gasteiger partial charge in [0.15, 0.2) is 5.78 Å². The summed E-state index contributed by atoms with van der Waals surface area (Å²) in [5, 5.41) is 34.1. The fourth-order valence-corrected chi connectivity index (χ4v) is 11.1. The molecule has 3 N–H and O–H groups in total. The lowest BCUT2D eigenvalue weighted by Gasteiger charge is -2.50. The molecule has 5 aliphatic rings. The minimum absolute atomic E-state index is 0.0550. The van der Waals surface area contributed by atoms with Crippen LogP contribution >= 0.6 is 0 Å². The molecule has 8 unspecified atom stereocenters. The number of aliphatic hydroxyl groups is 3. The van der Waals surface area contributed by atoms with Crippen molar-refractivity contribution in [2.45, 2.75) is 173 Å². The molecule has 3 saturated heterocycles. The molecule has 4 bridgehead atoms. The number of methoxy groups -OCH3 is 3. The molecule has 354 valence electrons. The zero-order valence-corrected chi connectivity index (χ0v) is 39.3. The maximum Gasteiger partial charge on any atom is 0.329 e. The molecule has 0 radical (unpaired) electrons. The van der Waals surface area contributed by atoms with Gasteiger partial charge in [-0.3, -0.25) is 14.4 Å². The summed E-state index contributed by atoms with van der Waals surface area (Å²) in [6.45, 7) is 11.6. The molecule has 5 rings (SSSR count). The molecule has 13 nitrogen and oxygen atoms in total. The summed E-state index contributed by atoms with van der Waals surface area (Å²) in [6.07, 6.45) is 14.2. The highest BCUT2D eigenvalue weighted by molar-refractivity contribution is 6.39. The van der Waals surface area contributed by atoms with Crippen LogP contribution in [0.2, 0.25) is 0 Å². The second-order valence-electron chi connectivity index (χ2n) is 19.6. The molecule has 0 spiro atoms. The van der Waals surface area contributed by atoms with Crippen molar-refractivity contribution in [1.82, 2.24) is 4.90 Å². The van der Waals surface area contributed by atoms with Crippen LogP contribution in [0, 0.1) is 41.4 Å². The summed E-state index contributed by atoms with van der Waals surface area (Å²) in [5.41, 5.74) is 1.52. The Morgan fingerprint density at radius 2 is 1.56 bits per heavy atom. The Balaban J connectivity index is 1.48. The highest BCUT2D eigenvalue weighted by atomic mass is 16.6. The van der Waals surface area contributed by atoms with E-state index in [1.165, 1.54) is 12.0 Å². The predicted molar refractivity (Wildman–Crippen MR) is 238 cm³/mol. The van der Waals surface area contributed by atoms with Crippen LogP contribution < -0.4 is 0 Å². The SMILES string of the molecule is COC1CC(C[C@H]2C3CCCN4C(=O)C(=O)C5(O)O[C@@H](CCC5C)C[C@H](OC)/C(C)=C/C=C/C=C/[C@@H](C)CC(C)C(=O)[C@H](OC)C(O)/C(C)=C/[C@@H](C)CC[C@@H]2OC(=O)C34)CC[C@H]1O. The van der Waals surface area contributed by atoms with Crippen LogP contribution in [0.5, 0.6) is 0 Å². The Bertz CT molecular complexity index is 1710. The summed E-state index contributed by atoms with van der Waals surface area (Å²) in [6, 6.07) is -1.00. The molecule has 16 atom stereocenters. The van der Waals surface area contributed by atoms with Crippen molar-refractivity contribution < 1.29 is 58.2 Å². The first-order chi connectivity index (χ1) is 29.9. The zero-order chi connectivity index (χ0) is 46.2. The van der Waals surface area contributed by atoms with E-state index >= 15 is 0 Å². The second kappa shape index (κ2) is 22.9. The van der Waals surface area contributed by atoms with E-state index in [9.17, 15) is 34.5 Å². The Hall–Kier alpha value is -3.04. The Kier molecular flexibility index (Phi) is 18.5. The van der Waals surface area contributed by atoms with Crippen LogP contribution in [-0.2, 0) is 42.9 Å². The minimum atomic E-state index is -2.38. The van der Waals surface area contributed by atoms with E-state index in [4.69, 9.17) is 23.7 Å². The van der Waals surface area contributed by atoms with E-state index in [-0.39, 0.29) is 53.9 Å². The molecular formula is C50H77NO12. The summed E-state index contributed by atoms with van der Waals surface area (Å²) in [4.78, 5) is 58.0. The number of esters is 1. The molecule has 1 aliphatic carbocycles. The van der Waals surface area contributed by atoms with Crippen molar-refractivity contribution in [3.05, 3.63) is 47.6 Å². The number of hydrogen-bond donors (Lipinski definition) is 3. The van der Waals surface area contributed by atoms with Crippen LogP contribution in [0.15, 0.2) is 47.6 Å². The zero-order valence-electron chi connectivity index (χ0n) is 39.3. The van der Waals surface area contributed by atoms with Gasteiger partial charge in [-0.2, -0.15) is 0 Å². The molecule has 4 heterocycles. The first-order valence-corrected chi connectivity index (χ1v) is 23.6. The Morgan fingerprint density at radius 1 is 0.810 bits per heavy atom. The van der Waals surface area contributed by atoms with E-state index in [1.54, 1.807) is 28.1 Å². The number of amides is 1. The topological polar surface area (TPSA) is 178 Å². The van der Waals surface area contributed by atoms with E-state index in [0.717, 1.165) is 12.0 Å². The number of rotatable bonds is 5. The Morgan fingerprint density at radius 3 is 2.25 bits per heavy atom. The third-order valence-electron chi connectivity index (χ3n) is 14.9. The molecule has 13 heteroatoms. The van der Waals surface area contributed by atoms with Crippen molar-refractivity contribution in [1.29, 1.82) is 0 Å². The molecule has 4 fully saturated rings. The summed E-state index contributed by atoms with van der Waals surface area (Å²) in [5.74, 6) is -6.42. The van der Waals surface area contributed by atoms with Gasteiger partial charge in [0, 0.05) is 52.0 Å². The number of nitrogens with zero attached hydrogens (tertiary/aromatic N) is 1. The third kappa shape index (κ3) is 12.3. The fourth-order valence-electron chi connectivity index (χ4n) is 11.1. The Labute approximate surface area is 375 Å². The number of ketones is 2. The second-order valence-corrected chi connectivity index (χ2v) is 19.6. The van der Waals surface area contributed by atoms with Gasteiger partial charge in [0.2, 0.25) is 5.79 Å². The quantitative estimate of drug-likeness (QED) is 0.162. The lowest BCUT2D eigenvalue weighted by Crippen LogP contribution is -2.65. The third-order valence-corrected chi connectivity index (χ3v) is 14.9. The van der Waals surface area contributed by atoms with Crippen LogP contribution in [0.1, 0.15) is 119 Å². The van der Waals surface area contributed by atoms with Gasteiger partial charge in [-0.25, -0.2) is 4.79 Å². The lowest BCUT2D eigenvalue weighted by molar-refractivity contribution is -0.266. The number of hydrogen-bond acceptors (Lipinski definition) is 12. The highest BCUT2D eigenvalue weighted by Crippen LogP contribution is 2.45. The number of piperidine rings is 1. The van der Waals surface area contributed by atoms with E-state index in [1.807, 2.05) is 64.2 Å². The normalized spacial score (nSPS) is 43.6. The van der Waals surface area contributed by atoms with Gasteiger partial charge in [0.25, 0.3) is 11.7 Å². The molecule has 0 aromatic heterocycles. The van der Waals surface area contributed by atoms with Crippen molar-refractivity contribution in [2.24, 2.45) is 41.4 Å². The van der Waals surface area contributed by atoms with Crippen molar-refractivity contribution in [2.75, 3.05) is 27.9 Å². The van der Waals surface area contributed by atoms with Gasteiger partial charge in [-0.15, -0.1) is 0 Å². The van der Waals surface area contributed by atoms with Gasteiger partial charge in [-0.1, -0.05) is 64.2 Å². The monoisotopic (exact) mass is 884 g/mol. The molecule has 1 saturated carbocycles. The number of ether oxygens (including phenoxy) is 5. The number of Topliss-reactive ketones (excluding diaryl/α,β-unsaturated/α-hetero) is 2. The van der Waals surface area contributed by atoms with Crippen molar-refractivity contribution >= 4 is 23.4 Å². The molecule has 0 aromatic rings. The largest absolute Gasteiger partial charge is 0.461 e. The van der Waals surface area contributed by atoms with E-state index < -0.39 is 72.0 Å². The predicted octanol–water partition coefficient (Wildman–Crippen LogP) is 6.22. The standard InChI is InChI=1S/C50H77NO12/c1-29-14-11-10-12-15-31(3)41(59-7)28-36-20-18-34(6)50(58,63-36)47(55)48(56)51-23-13-16-37-38(26-35-19-21-39(52)42(27-35)60-8)40(62-49(57)43(37)51)22-17-30(2)25-33(5)45(54)46(61-9)44(53)32(4)24-29/h10-12,14-15,25,29-30,32,34-43,45-46,52,54,58H,13,16-24,26-28H2,1-9H3/b12-10+,14-11+,31-15+,33-25+/t29-,30+,32?,34?,35?,36+,37?,38+,39-,40+,41+,42?,43?,45?,46+,50?/m1/s1. The van der Waals surface area contributed by atoms with Gasteiger partial charge in [0.05, 0.1) is 24.4 Å². The fraction of sp³-hybridized carbons (Fsp3) is 0.760. The van der Waals surface area contributed by atoms with Crippen molar-refractivity contribution in [3.8, 4) is 0 Å². The van der Waals surface area contributed by atoms with Crippen molar-refractivity contribution in [3.63, 3.8) is 0 Å². The molecular weight excluding hydrogens is 807 g/mol. The van der Waals surface area contributed by atoms with Gasteiger partial charge in [0.1, 0.15) is 24.4 Å². The number of aliphatic hydroxyl groups excluding tert-OH is 2. The summed E-state index contributed by atoms with van der Waals surface area (Å²) >= 11 is 0. The molecule has 1 amide bonds. The minimum Gasteiger partial charge on any atom is -0.461 e. The average molecular weight is 884 g/mol. The first-order valence-electron chi connectivity index (χ1n) is 23.6. The maximum atomic E-state index is 14.4. The summed E-state index contributed by atoms with van der Waals surface area (Å²) < 4.78 is 29.7. The maximum absolute atomic E-state index is 14.4. The van der Waals surface area contributed by atoms with E-state index in [0.29, 0.717) is 76.2 Å². The van der Waals surface area contributed by atoms with E-state index in [2.05, 4.69) is 0 Å². The number of allylic oxidation sites excluding steroid dienone is 6. The first kappa shape index (κ1) is 51.0.